The maximum absolute atomic E-state index is 12.2. The predicted octanol–water partition coefficient (Wildman–Crippen LogP) is 5.34. The number of benzene rings is 2. The molecule has 0 spiro atoms. The molecule has 0 aliphatic heterocycles. The Bertz CT molecular complexity index is 876. The van der Waals surface area contributed by atoms with Crippen LogP contribution in [0.2, 0.25) is 5.02 Å². The number of para-hydroxylation sites is 1. The molecule has 1 N–H and O–H groups in total. The second kappa shape index (κ2) is 7.28. The largest absolute Gasteiger partial charge is 0.431 e. The molecule has 24 heavy (non-hydrogen) atoms. The summed E-state index contributed by atoms with van der Waals surface area (Å²) >= 11 is 7.19. The zero-order valence-electron chi connectivity index (χ0n) is 13.4. The van der Waals surface area contributed by atoms with Gasteiger partial charge in [-0.15, -0.1) is 0 Å². The highest BCUT2D eigenvalue weighted by atomic mass is 35.5. The van der Waals surface area contributed by atoms with Gasteiger partial charge in [0.2, 0.25) is 5.91 Å². The van der Waals surface area contributed by atoms with Crippen LogP contribution in [0.15, 0.2) is 52.1 Å². The number of carbonyl (C=O) groups excluding carboxylic acids is 1. The molecule has 0 unspecified atom stereocenters. The molecule has 4 nitrogen and oxygen atoms in total. The quantitative estimate of drug-likeness (QED) is 0.624. The topological polar surface area (TPSA) is 55.1 Å². The summed E-state index contributed by atoms with van der Waals surface area (Å²) in [5.41, 5.74) is 3.32. The molecule has 0 radical (unpaired) electrons. The molecule has 1 aromatic heterocycles. The SMILES string of the molecule is CC(C)c1ccccc1NC(=O)CSc1nc2ccc(Cl)cc2o1. The Morgan fingerprint density at radius 3 is 2.88 bits per heavy atom. The number of anilines is 1. The van der Waals surface area contributed by atoms with Crippen molar-refractivity contribution in [1.82, 2.24) is 4.98 Å². The highest BCUT2D eigenvalue weighted by molar-refractivity contribution is 7.99. The van der Waals surface area contributed by atoms with Gasteiger partial charge in [-0.25, -0.2) is 4.98 Å². The third kappa shape index (κ3) is 3.91. The van der Waals surface area contributed by atoms with Crippen LogP contribution >= 0.6 is 23.4 Å². The van der Waals surface area contributed by atoms with Gasteiger partial charge >= 0.3 is 0 Å². The van der Waals surface area contributed by atoms with Crippen molar-refractivity contribution >= 4 is 46.1 Å². The molecule has 1 amide bonds. The molecule has 0 atom stereocenters. The molecule has 124 valence electrons. The van der Waals surface area contributed by atoms with Gasteiger partial charge in [0.25, 0.3) is 5.22 Å². The summed E-state index contributed by atoms with van der Waals surface area (Å²) in [7, 11) is 0. The highest BCUT2D eigenvalue weighted by Crippen LogP contribution is 2.27. The van der Waals surface area contributed by atoms with Crippen molar-refractivity contribution in [3.8, 4) is 0 Å². The van der Waals surface area contributed by atoms with Gasteiger partial charge in [0, 0.05) is 16.8 Å². The molecule has 0 bridgehead atoms. The number of fused-ring (bicyclic) bond motifs is 1. The maximum atomic E-state index is 12.2. The fraction of sp³-hybridized carbons (Fsp3) is 0.222. The lowest BCUT2D eigenvalue weighted by molar-refractivity contribution is -0.113. The van der Waals surface area contributed by atoms with Crippen LogP contribution in [0.25, 0.3) is 11.1 Å². The van der Waals surface area contributed by atoms with Gasteiger partial charge in [-0.3, -0.25) is 4.79 Å². The van der Waals surface area contributed by atoms with E-state index in [4.69, 9.17) is 16.0 Å². The highest BCUT2D eigenvalue weighted by Gasteiger charge is 2.12. The molecule has 6 heteroatoms. The van der Waals surface area contributed by atoms with E-state index in [1.807, 2.05) is 24.3 Å². The fourth-order valence-electron chi connectivity index (χ4n) is 2.37. The van der Waals surface area contributed by atoms with Crippen molar-refractivity contribution in [2.75, 3.05) is 11.1 Å². The number of carbonyl (C=O) groups is 1. The molecular weight excluding hydrogens is 344 g/mol. The molecule has 0 saturated heterocycles. The summed E-state index contributed by atoms with van der Waals surface area (Å²) in [4.78, 5) is 16.5. The first kappa shape index (κ1) is 16.9. The monoisotopic (exact) mass is 360 g/mol. The van der Waals surface area contributed by atoms with E-state index >= 15 is 0 Å². The first-order valence-corrected chi connectivity index (χ1v) is 8.97. The lowest BCUT2D eigenvalue weighted by Gasteiger charge is -2.13. The normalized spacial score (nSPS) is 11.2. The van der Waals surface area contributed by atoms with Crippen LogP contribution < -0.4 is 5.32 Å². The van der Waals surface area contributed by atoms with E-state index in [0.29, 0.717) is 21.7 Å². The number of nitrogens with one attached hydrogen (secondary N) is 1. The third-order valence-electron chi connectivity index (χ3n) is 3.51. The van der Waals surface area contributed by atoms with Crippen LogP contribution in [0.5, 0.6) is 0 Å². The lowest BCUT2D eigenvalue weighted by atomic mass is 10.0. The molecule has 2 aromatic carbocycles. The number of halogens is 1. The zero-order chi connectivity index (χ0) is 17.1. The Morgan fingerprint density at radius 2 is 2.08 bits per heavy atom. The number of rotatable bonds is 5. The number of nitrogens with zero attached hydrogens (tertiary/aromatic N) is 1. The summed E-state index contributed by atoms with van der Waals surface area (Å²) in [6.07, 6.45) is 0. The van der Waals surface area contributed by atoms with Crippen LogP contribution in [0.1, 0.15) is 25.3 Å². The van der Waals surface area contributed by atoms with Crippen molar-refractivity contribution in [3.63, 3.8) is 0 Å². The Kier molecular flexibility index (Phi) is 5.11. The van der Waals surface area contributed by atoms with Crippen molar-refractivity contribution in [1.29, 1.82) is 0 Å². The van der Waals surface area contributed by atoms with Crippen LogP contribution in [-0.4, -0.2) is 16.6 Å². The number of thioether (sulfide) groups is 1. The first-order chi connectivity index (χ1) is 11.5. The van der Waals surface area contributed by atoms with Gasteiger partial charge in [-0.2, -0.15) is 0 Å². The minimum atomic E-state index is -0.0895. The predicted molar refractivity (Wildman–Crippen MR) is 98.9 cm³/mol. The van der Waals surface area contributed by atoms with Gasteiger partial charge in [-0.05, 0) is 29.7 Å². The zero-order valence-corrected chi connectivity index (χ0v) is 14.9. The average molecular weight is 361 g/mol. The molecule has 0 aliphatic carbocycles. The minimum absolute atomic E-state index is 0.0895. The van der Waals surface area contributed by atoms with Gasteiger partial charge in [0.05, 0.1) is 5.75 Å². The van der Waals surface area contributed by atoms with Gasteiger partial charge < -0.3 is 9.73 Å². The smallest absolute Gasteiger partial charge is 0.257 e. The van der Waals surface area contributed by atoms with Crippen molar-refractivity contribution in [3.05, 3.63) is 53.1 Å². The van der Waals surface area contributed by atoms with E-state index in [2.05, 4.69) is 24.1 Å². The minimum Gasteiger partial charge on any atom is -0.431 e. The number of amides is 1. The van der Waals surface area contributed by atoms with E-state index in [0.717, 1.165) is 16.8 Å². The van der Waals surface area contributed by atoms with Crippen molar-refractivity contribution in [2.24, 2.45) is 0 Å². The summed E-state index contributed by atoms with van der Waals surface area (Å²) in [6.45, 7) is 4.20. The molecule has 0 saturated carbocycles. The summed E-state index contributed by atoms with van der Waals surface area (Å²) in [6, 6.07) is 13.1. The van der Waals surface area contributed by atoms with Crippen LogP contribution in [0, 0.1) is 0 Å². The average Bonchev–Trinajstić information content (AvgIpc) is 2.95. The van der Waals surface area contributed by atoms with E-state index in [1.54, 1.807) is 18.2 Å². The molecule has 1 heterocycles. The number of oxazole rings is 1. The molecule has 3 aromatic rings. The van der Waals surface area contributed by atoms with Crippen LogP contribution in [0.3, 0.4) is 0 Å². The maximum Gasteiger partial charge on any atom is 0.257 e. The Labute approximate surface area is 149 Å². The van der Waals surface area contributed by atoms with Crippen LogP contribution in [0.4, 0.5) is 5.69 Å². The van der Waals surface area contributed by atoms with E-state index in [-0.39, 0.29) is 11.7 Å². The first-order valence-electron chi connectivity index (χ1n) is 7.60. The number of aromatic nitrogens is 1. The molecule has 3 rings (SSSR count). The summed E-state index contributed by atoms with van der Waals surface area (Å²) in [5.74, 6) is 0.483. The van der Waals surface area contributed by atoms with E-state index < -0.39 is 0 Å². The van der Waals surface area contributed by atoms with Gasteiger partial charge in [0.1, 0.15) is 5.52 Å². The standard InChI is InChI=1S/C18H17ClN2O2S/c1-11(2)13-5-3-4-6-14(13)20-17(22)10-24-18-21-15-8-7-12(19)9-16(15)23-18/h3-9,11H,10H2,1-2H3,(H,20,22). The summed E-state index contributed by atoms with van der Waals surface area (Å²) < 4.78 is 5.60. The summed E-state index contributed by atoms with van der Waals surface area (Å²) in [5, 5.41) is 4.01. The van der Waals surface area contributed by atoms with Crippen molar-refractivity contribution in [2.45, 2.75) is 25.0 Å². The van der Waals surface area contributed by atoms with Crippen molar-refractivity contribution < 1.29 is 9.21 Å². The fourth-order valence-corrected chi connectivity index (χ4v) is 3.17. The van der Waals surface area contributed by atoms with Gasteiger partial charge in [0.15, 0.2) is 5.58 Å². The van der Waals surface area contributed by atoms with Gasteiger partial charge in [-0.1, -0.05) is 55.4 Å². The van der Waals surface area contributed by atoms with E-state index in [1.165, 1.54) is 11.8 Å². The molecule has 0 aliphatic rings. The molecular formula is C18H17ClN2O2S. The number of hydrogen-bond acceptors (Lipinski definition) is 4. The van der Waals surface area contributed by atoms with E-state index in [9.17, 15) is 4.79 Å². The third-order valence-corrected chi connectivity index (χ3v) is 4.58. The number of hydrogen-bond donors (Lipinski definition) is 1. The lowest BCUT2D eigenvalue weighted by Crippen LogP contribution is -2.15. The Hall–Kier alpha value is -1.98. The second-order valence-electron chi connectivity index (χ2n) is 5.67. The molecule has 0 fully saturated rings. The second-order valence-corrected chi connectivity index (χ2v) is 7.03. The Morgan fingerprint density at radius 1 is 1.29 bits per heavy atom. The Balaban J connectivity index is 1.65. The van der Waals surface area contributed by atoms with Crippen LogP contribution in [-0.2, 0) is 4.79 Å².